The van der Waals surface area contributed by atoms with Crippen molar-refractivity contribution in [3.05, 3.63) is 24.3 Å². The van der Waals surface area contributed by atoms with Gasteiger partial charge in [-0.05, 0) is 48.9 Å². The van der Waals surface area contributed by atoms with Gasteiger partial charge in [-0.15, -0.1) is 0 Å². The van der Waals surface area contributed by atoms with E-state index in [1.165, 1.54) is 31.4 Å². The third-order valence-electron chi connectivity index (χ3n) is 4.79. The van der Waals surface area contributed by atoms with Gasteiger partial charge in [-0.1, -0.05) is 6.42 Å². The monoisotopic (exact) mass is 322 g/mol. The van der Waals surface area contributed by atoms with E-state index >= 15 is 0 Å². The summed E-state index contributed by atoms with van der Waals surface area (Å²) >= 11 is 0. The van der Waals surface area contributed by atoms with Crippen LogP contribution in [0.1, 0.15) is 19.3 Å². The molecule has 2 unspecified atom stereocenters. The van der Waals surface area contributed by atoms with Gasteiger partial charge in [-0.25, -0.2) is 8.42 Å². The molecule has 120 valence electrons. The Hall–Kier alpha value is -1.40. The zero-order chi connectivity index (χ0) is 15.7. The van der Waals surface area contributed by atoms with Crippen LogP contribution in [0.3, 0.4) is 0 Å². The molecule has 3 rings (SSSR count). The van der Waals surface area contributed by atoms with Crippen molar-refractivity contribution < 1.29 is 13.2 Å². The summed E-state index contributed by atoms with van der Waals surface area (Å²) in [4.78, 5) is 14.4. The number of sulfone groups is 1. The van der Waals surface area contributed by atoms with Crippen molar-refractivity contribution >= 4 is 21.3 Å². The van der Waals surface area contributed by atoms with E-state index in [0.717, 1.165) is 13.1 Å². The van der Waals surface area contributed by atoms with E-state index in [1.807, 2.05) is 0 Å². The van der Waals surface area contributed by atoms with Crippen LogP contribution in [0.2, 0.25) is 0 Å². The number of nitrogens with two attached hydrogens (primary N) is 1. The molecule has 0 aromatic heterocycles. The van der Waals surface area contributed by atoms with Crippen LogP contribution in [0, 0.1) is 11.8 Å². The van der Waals surface area contributed by atoms with Gasteiger partial charge >= 0.3 is 0 Å². The first-order chi connectivity index (χ1) is 10.4. The topological polar surface area (TPSA) is 80.5 Å². The summed E-state index contributed by atoms with van der Waals surface area (Å²) in [5.41, 5.74) is 6.06. The summed E-state index contributed by atoms with van der Waals surface area (Å²) < 4.78 is 24.5. The van der Waals surface area contributed by atoms with Crippen LogP contribution in [-0.2, 0) is 14.6 Å². The van der Waals surface area contributed by atoms with Gasteiger partial charge < -0.3 is 5.73 Å². The molecule has 22 heavy (non-hydrogen) atoms. The number of hydrogen-bond acceptors (Lipinski definition) is 5. The number of benzene rings is 1. The highest BCUT2D eigenvalue weighted by Crippen LogP contribution is 2.37. The van der Waals surface area contributed by atoms with Crippen molar-refractivity contribution in [2.24, 2.45) is 11.8 Å². The minimum absolute atomic E-state index is 0.161. The Morgan fingerprint density at radius 3 is 2.32 bits per heavy atom. The Kier molecular flexibility index (Phi) is 4.23. The molecule has 2 aliphatic rings. The molecular formula is C16H22N2O3S. The third-order valence-corrected chi connectivity index (χ3v) is 6.48. The predicted octanol–water partition coefficient (Wildman–Crippen LogP) is 1.34. The summed E-state index contributed by atoms with van der Waals surface area (Å²) in [7, 11) is -3.57. The number of anilines is 1. The molecule has 6 heteroatoms. The van der Waals surface area contributed by atoms with E-state index in [2.05, 4.69) is 4.90 Å². The van der Waals surface area contributed by atoms with Crippen molar-refractivity contribution in [1.29, 1.82) is 0 Å². The number of nitrogens with zero attached hydrogens (tertiary/aromatic N) is 1. The minimum atomic E-state index is -3.57. The molecule has 1 aliphatic carbocycles. The molecule has 0 bridgehead atoms. The van der Waals surface area contributed by atoms with Gasteiger partial charge in [0, 0.05) is 18.8 Å². The number of likely N-dealkylation sites (tertiary alicyclic amines) is 1. The molecule has 1 aromatic carbocycles. The van der Waals surface area contributed by atoms with Gasteiger partial charge in [-0.3, -0.25) is 9.69 Å². The van der Waals surface area contributed by atoms with Crippen molar-refractivity contribution in [3.63, 3.8) is 0 Å². The third kappa shape index (κ3) is 3.33. The molecule has 1 saturated carbocycles. The first-order valence-corrected chi connectivity index (χ1v) is 9.41. The molecule has 2 fully saturated rings. The molecule has 5 nitrogen and oxygen atoms in total. The maximum atomic E-state index is 12.2. The second-order valence-corrected chi connectivity index (χ2v) is 8.50. The maximum Gasteiger partial charge on any atom is 0.185 e. The Morgan fingerprint density at radius 2 is 1.73 bits per heavy atom. The lowest BCUT2D eigenvalue weighted by atomic mass is 10.0. The molecule has 1 heterocycles. The number of carbonyl (C=O) groups is 1. The molecular weight excluding hydrogens is 300 g/mol. The molecule has 2 N–H and O–H groups in total. The van der Waals surface area contributed by atoms with Gasteiger partial charge in [0.25, 0.3) is 0 Å². The first-order valence-electron chi connectivity index (χ1n) is 7.76. The van der Waals surface area contributed by atoms with E-state index in [-0.39, 0.29) is 17.2 Å². The van der Waals surface area contributed by atoms with Gasteiger partial charge in [0.2, 0.25) is 0 Å². The van der Waals surface area contributed by atoms with Gasteiger partial charge in [-0.2, -0.15) is 0 Å². The van der Waals surface area contributed by atoms with Crippen LogP contribution in [0.4, 0.5) is 5.69 Å². The predicted molar refractivity (Wildman–Crippen MR) is 85.2 cm³/mol. The average molecular weight is 322 g/mol. The van der Waals surface area contributed by atoms with E-state index in [9.17, 15) is 13.2 Å². The standard InChI is InChI=1S/C16H22N2O3S/c17-14-4-6-16(7-5-14)22(20,21)11-15(19)10-18-8-12-2-1-3-13(12)9-18/h4-7,12-13H,1-3,8-11,17H2. The molecule has 1 saturated heterocycles. The van der Waals surface area contributed by atoms with Gasteiger partial charge in [0.1, 0.15) is 5.75 Å². The van der Waals surface area contributed by atoms with E-state index < -0.39 is 15.6 Å². The normalized spacial score (nSPS) is 25.3. The van der Waals surface area contributed by atoms with Crippen molar-refractivity contribution in [2.45, 2.75) is 24.2 Å². The number of hydrogen-bond donors (Lipinski definition) is 1. The number of nitrogen functional groups attached to an aromatic ring is 1. The molecule has 1 aliphatic heterocycles. The van der Waals surface area contributed by atoms with Crippen LogP contribution >= 0.6 is 0 Å². The summed E-state index contributed by atoms with van der Waals surface area (Å²) in [6, 6.07) is 5.99. The van der Waals surface area contributed by atoms with E-state index in [1.54, 1.807) is 12.1 Å². The second-order valence-electron chi connectivity index (χ2n) is 6.51. The fourth-order valence-corrected chi connectivity index (χ4v) is 4.96. The van der Waals surface area contributed by atoms with Crippen LogP contribution in [-0.4, -0.2) is 44.5 Å². The SMILES string of the molecule is Nc1ccc(S(=O)(=O)CC(=O)CN2CC3CCCC3C2)cc1. The lowest BCUT2D eigenvalue weighted by Gasteiger charge is -2.15. The zero-order valence-electron chi connectivity index (χ0n) is 12.6. The zero-order valence-corrected chi connectivity index (χ0v) is 13.4. The summed E-state index contributed by atoms with van der Waals surface area (Å²) in [5, 5.41) is 0. The van der Waals surface area contributed by atoms with Crippen LogP contribution in [0.5, 0.6) is 0 Å². The van der Waals surface area contributed by atoms with Crippen LogP contribution < -0.4 is 5.73 Å². The van der Waals surface area contributed by atoms with Crippen molar-refractivity contribution in [3.8, 4) is 0 Å². The van der Waals surface area contributed by atoms with Crippen molar-refractivity contribution in [2.75, 3.05) is 31.1 Å². The Bertz CT molecular complexity index is 642. The van der Waals surface area contributed by atoms with Crippen LogP contribution in [0.15, 0.2) is 29.2 Å². The average Bonchev–Trinajstić information content (AvgIpc) is 2.99. The van der Waals surface area contributed by atoms with E-state index in [4.69, 9.17) is 5.73 Å². The summed E-state index contributed by atoms with van der Waals surface area (Å²) in [6.07, 6.45) is 3.79. The Morgan fingerprint density at radius 1 is 1.14 bits per heavy atom. The summed E-state index contributed by atoms with van der Waals surface area (Å²) in [6.45, 7) is 2.14. The highest BCUT2D eigenvalue weighted by Gasteiger charge is 2.36. The smallest absolute Gasteiger partial charge is 0.185 e. The number of Topliss-reactive ketones (excluding diaryl/α,β-unsaturated/α-hetero) is 1. The highest BCUT2D eigenvalue weighted by molar-refractivity contribution is 7.92. The van der Waals surface area contributed by atoms with Crippen LogP contribution in [0.25, 0.3) is 0 Å². The number of rotatable bonds is 5. The number of fused-ring (bicyclic) bond motifs is 1. The quantitative estimate of drug-likeness (QED) is 0.828. The number of ketones is 1. The molecule has 0 amide bonds. The fraction of sp³-hybridized carbons (Fsp3) is 0.562. The first kappa shape index (κ1) is 15.5. The highest BCUT2D eigenvalue weighted by atomic mass is 32.2. The molecule has 0 radical (unpaired) electrons. The lowest BCUT2D eigenvalue weighted by Crippen LogP contribution is -2.32. The fourth-order valence-electron chi connectivity index (χ4n) is 3.73. The van der Waals surface area contributed by atoms with Gasteiger partial charge in [0.05, 0.1) is 11.4 Å². The number of carbonyl (C=O) groups excluding carboxylic acids is 1. The Balaban J connectivity index is 1.58. The Labute approximate surface area is 131 Å². The maximum absolute atomic E-state index is 12.2. The molecule has 1 aromatic rings. The molecule has 0 spiro atoms. The lowest BCUT2D eigenvalue weighted by molar-refractivity contribution is -0.117. The van der Waals surface area contributed by atoms with Gasteiger partial charge in [0.15, 0.2) is 15.6 Å². The largest absolute Gasteiger partial charge is 0.399 e. The van der Waals surface area contributed by atoms with Crippen molar-refractivity contribution in [1.82, 2.24) is 4.90 Å². The summed E-state index contributed by atoms with van der Waals surface area (Å²) in [5.74, 6) is 0.766. The minimum Gasteiger partial charge on any atom is -0.399 e. The second kappa shape index (κ2) is 6.01. The van der Waals surface area contributed by atoms with E-state index in [0.29, 0.717) is 17.5 Å². The molecule has 2 atom stereocenters.